The number of esters is 1. The van der Waals surface area contributed by atoms with E-state index in [1.807, 2.05) is 0 Å². The van der Waals surface area contributed by atoms with Gasteiger partial charge in [0.2, 0.25) is 11.8 Å². The third-order valence-corrected chi connectivity index (χ3v) is 4.22. The summed E-state index contributed by atoms with van der Waals surface area (Å²) in [6.45, 7) is 0. The first-order valence-electron chi connectivity index (χ1n) is 8.72. The predicted octanol–water partition coefficient (Wildman–Crippen LogP) is 3.96. The van der Waals surface area contributed by atoms with Crippen molar-refractivity contribution in [3.8, 4) is 11.6 Å². The molecule has 152 valence electrons. The highest BCUT2D eigenvalue weighted by Gasteiger charge is 2.14. The van der Waals surface area contributed by atoms with Gasteiger partial charge in [0.05, 0.1) is 12.8 Å². The fraction of sp³-hybridized carbons (Fsp3) is 0.100. The van der Waals surface area contributed by atoms with Crippen LogP contribution in [0.5, 0.6) is 11.6 Å². The second-order valence-electron chi connectivity index (χ2n) is 6.21. The Labute approximate surface area is 169 Å². The van der Waals surface area contributed by atoms with Gasteiger partial charge in [0.15, 0.2) is 11.3 Å². The van der Waals surface area contributed by atoms with Crippen molar-refractivity contribution in [1.82, 2.24) is 19.5 Å². The van der Waals surface area contributed by atoms with E-state index in [-0.39, 0.29) is 17.3 Å². The molecule has 3 aromatic heterocycles. The van der Waals surface area contributed by atoms with Crippen molar-refractivity contribution < 1.29 is 23.0 Å². The van der Waals surface area contributed by atoms with Gasteiger partial charge in [-0.15, -0.1) is 0 Å². The van der Waals surface area contributed by atoms with Gasteiger partial charge in [-0.2, -0.15) is 4.98 Å². The fourth-order valence-electron chi connectivity index (χ4n) is 2.74. The van der Waals surface area contributed by atoms with E-state index in [1.54, 1.807) is 29.8 Å². The Balaban J connectivity index is 1.62. The number of halogens is 2. The highest BCUT2D eigenvalue weighted by atomic mass is 19.1. The molecule has 0 aliphatic carbocycles. The number of methoxy groups -OCH3 is 1. The zero-order chi connectivity index (χ0) is 21.3. The number of anilines is 2. The van der Waals surface area contributed by atoms with Gasteiger partial charge in [-0.05, 0) is 24.3 Å². The minimum atomic E-state index is -0.738. The number of carbonyl (C=O) groups excluding carboxylic acids is 1. The van der Waals surface area contributed by atoms with Crippen molar-refractivity contribution in [3.05, 3.63) is 66.0 Å². The number of aryl methyl sites for hydroxylation is 1. The molecule has 0 unspecified atom stereocenters. The van der Waals surface area contributed by atoms with E-state index >= 15 is 0 Å². The number of hydrogen-bond acceptors (Lipinski definition) is 7. The first-order chi connectivity index (χ1) is 14.4. The number of rotatable bonds is 5. The van der Waals surface area contributed by atoms with Gasteiger partial charge < -0.3 is 14.8 Å². The second-order valence-corrected chi connectivity index (χ2v) is 6.21. The molecule has 4 aromatic rings. The quantitative estimate of drug-likeness (QED) is 0.497. The van der Waals surface area contributed by atoms with E-state index in [0.717, 1.165) is 12.1 Å². The lowest BCUT2D eigenvalue weighted by Crippen LogP contribution is -2.04. The smallest absolute Gasteiger partial charge is 0.356 e. The summed E-state index contributed by atoms with van der Waals surface area (Å²) in [6.07, 6.45) is 1.42. The van der Waals surface area contributed by atoms with Gasteiger partial charge in [-0.1, -0.05) is 0 Å². The lowest BCUT2D eigenvalue weighted by molar-refractivity contribution is 0.0593. The topological polar surface area (TPSA) is 91.2 Å². The van der Waals surface area contributed by atoms with Crippen LogP contribution in [0.3, 0.4) is 0 Å². The molecule has 3 heterocycles. The van der Waals surface area contributed by atoms with E-state index in [9.17, 15) is 13.6 Å². The first-order valence-corrected chi connectivity index (χ1v) is 8.72. The van der Waals surface area contributed by atoms with Crippen molar-refractivity contribution in [2.45, 2.75) is 0 Å². The van der Waals surface area contributed by atoms with Gasteiger partial charge in [0.1, 0.15) is 22.9 Å². The predicted molar refractivity (Wildman–Crippen MR) is 104 cm³/mol. The molecule has 30 heavy (non-hydrogen) atoms. The molecule has 0 amide bonds. The molecule has 1 N–H and O–H groups in total. The Morgan fingerprint density at radius 1 is 1.10 bits per heavy atom. The average Bonchev–Trinajstić information content (AvgIpc) is 3.05. The maximum Gasteiger partial charge on any atom is 0.356 e. The van der Waals surface area contributed by atoms with Crippen LogP contribution in [0.15, 0.2) is 48.7 Å². The summed E-state index contributed by atoms with van der Waals surface area (Å²) in [5, 5.41) is 2.82. The molecule has 10 heteroatoms. The summed E-state index contributed by atoms with van der Waals surface area (Å²) >= 11 is 0. The number of benzene rings is 1. The summed E-state index contributed by atoms with van der Waals surface area (Å²) in [5.74, 6) is -1.06. The third kappa shape index (κ3) is 3.75. The van der Waals surface area contributed by atoms with Crippen LogP contribution < -0.4 is 10.1 Å². The van der Waals surface area contributed by atoms with E-state index in [0.29, 0.717) is 22.9 Å². The minimum absolute atomic E-state index is 0.0819. The Morgan fingerprint density at radius 3 is 2.70 bits per heavy atom. The molecule has 4 rings (SSSR count). The first kappa shape index (κ1) is 19.2. The van der Waals surface area contributed by atoms with Crippen LogP contribution in [0.1, 0.15) is 10.5 Å². The fourth-order valence-corrected chi connectivity index (χ4v) is 2.74. The Kier molecular flexibility index (Phi) is 4.97. The Hall–Kier alpha value is -4.08. The van der Waals surface area contributed by atoms with Crippen molar-refractivity contribution >= 4 is 28.8 Å². The molecular weight excluding hydrogens is 396 g/mol. The number of imidazole rings is 1. The van der Waals surface area contributed by atoms with Crippen LogP contribution in [0, 0.1) is 11.6 Å². The zero-order valence-electron chi connectivity index (χ0n) is 15.9. The van der Waals surface area contributed by atoms with Gasteiger partial charge >= 0.3 is 5.97 Å². The summed E-state index contributed by atoms with van der Waals surface area (Å²) in [7, 11) is 2.95. The molecule has 0 fully saturated rings. The van der Waals surface area contributed by atoms with Crippen LogP contribution in [-0.4, -0.2) is 32.6 Å². The number of pyridine rings is 2. The van der Waals surface area contributed by atoms with Gasteiger partial charge in [-0.25, -0.2) is 23.5 Å². The lowest BCUT2D eigenvalue weighted by Gasteiger charge is -2.07. The second kappa shape index (κ2) is 7.74. The molecular formula is C20H15F2N5O3. The normalized spacial score (nSPS) is 10.8. The Bertz CT molecular complexity index is 1260. The van der Waals surface area contributed by atoms with Gasteiger partial charge in [0, 0.05) is 31.4 Å². The van der Waals surface area contributed by atoms with Crippen LogP contribution >= 0.6 is 0 Å². The molecule has 0 aliphatic rings. The lowest BCUT2D eigenvalue weighted by atomic mass is 10.3. The number of hydrogen-bond donors (Lipinski definition) is 1. The summed E-state index contributed by atoms with van der Waals surface area (Å²) in [4.78, 5) is 24.3. The number of nitrogens with one attached hydrogen (secondary N) is 1. The summed E-state index contributed by atoms with van der Waals surface area (Å²) in [5.41, 5.74) is 1.20. The molecule has 0 bridgehead atoms. The highest BCUT2D eigenvalue weighted by molar-refractivity contribution is 5.87. The number of nitrogens with zero attached hydrogens (tertiary/aromatic N) is 4. The van der Waals surface area contributed by atoms with Crippen LogP contribution in [0.2, 0.25) is 0 Å². The van der Waals surface area contributed by atoms with Gasteiger partial charge in [-0.3, -0.25) is 4.57 Å². The molecule has 1 aromatic carbocycles. The SMILES string of the molecule is COC(=O)c1cc(Oc2ccc3nc(Nc4ccc(F)cc4F)n(C)c3n2)ccn1. The standard InChI is InChI=1S/C20H15F2N5O3/c1-27-18-15(25-20(27)24-14-4-3-11(21)9-13(14)22)5-6-17(26-18)30-12-7-8-23-16(10-12)19(28)29-2/h3-10H,1-2H3,(H,24,25). The number of aromatic nitrogens is 4. The minimum Gasteiger partial charge on any atom is -0.464 e. The van der Waals surface area contributed by atoms with Crippen LogP contribution in [0.25, 0.3) is 11.2 Å². The zero-order valence-corrected chi connectivity index (χ0v) is 15.9. The van der Waals surface area contributed by atoms with E-state index in [4.69, 9.17) is 4.74 Å². The van der Waals surface area contributed by atoms with Crippen molar-refractivity contribution in [1.29, 1.82) is 0 Å². The molecule has 0 saturated heterocycles. The van der Waals surface area contributed by atoms with Crippen molar-refractivity contribution in [2.24, 2.45) is 7.05 Å². The maximum atomic E-state index is 13.9. The summed E-state index contributed by atoms with van der Waals surface area (Å²) in [6, 6.07) is 9.52. The maximum absolute atomic E-state index is 13.9. The molecule has 0 aliphatic heterocycles. The largest absolute Gasteiger partial charge is 0.464 e. The number of fused-ring (bicyclic) bond motifs is 1. The molecule has 0 spiro atoms. The van der Waals surface area contributed by atoms with Crippen molar-refractivity contribution in [3.63, 3.8) is 0 Å². The molecule has 0 atom stereocenters. The molecule has 0 radical (unpaired) electrons. The molecule has 0 saturated carbocycles. The monoisotopic (exact) mass is 411 g/mol. The average molecular weight is 411 g/mol. The van der Waals surface area contributed by atoms with Crippen molar-refractivity contribution in [2.75, 3.05) is 12.4 Å². The Morgan fingerprint density at radius 2 is 1.93 bits per heavy atom. The summed E-state index contributed by atoms with van der Waals surface area (Å²) < 4.78 is 39.0. The number of carbonyl (C=O) groups is 1. The third-order valence-electron chi connectivity index (χ3n) is 4.22. The van der Waals surface area contributed by atoms with E-state index in [2.05, 4.69) is 25.0 Å². The van der Waals surface area contributed by atoms with E-state index < -0.39 is 17.6 Å². The highest BCUT2D eigenvalue weighted by Crippen LogP contribution is 2.26. The van der Waals surface area contributed by atoms with Gasteiger partial charge in [0.25, 0.3) is 0 Å². The van der Waals surface area contributed by atoms with E-state index in [1.165, 1.54) is 25.4 Å². The van der Waals surface area contributed by atoms with Crippen LogP contribution in [-0.2, 0) is 11.8 Å². The molecule has 8 nitrogen and oxygen atoms in total. The number of ether oxygens (including phenoxy) is 2. The van der Waals surface area contributed by atoms with Crippen LogP contribution in [0.4, 0.5) is 20.4 Å².